The maximum Gasteiger partial charge on any atom is 0.137 e. The van der Waals surface area contributed by atoms with Crippen molar-refractivity contribution >= 4 is 11.8 Å². The summed E-state index contributed by atoms with van der Waals surface area (Å²) in [6, 6.07) is 8.35. The number of nitrogens with zero attached hydrogens (tertiary/aromatic N) is 3. The van der Waals surface area contributed by atoms with Crippen LogP contribution in [0, 0.1) is 22.7 Å². The monoisotopic (exact) mass is 355 g/mol. The molecule has 4 nitrogen and oxygen atoms in total. The van der Waals surface area contributed by atoms with Crippen LogP contribution in [0.5, 0.6) is 0 Å². The first kappa shape index (κ1) is 17.2. The summed E-state index contributed by atoms with van der Waals surface area (Å²) in [5, 5.41) is 18.2. The maximum absolute atomic E-state index is 9.12. The van der Waals surface area contributed by atoms with Crippen molar-refractivity contribution in [2.75, 3.05) is 18.0 Å². The number of hydrogen-bond donors (Lipinski definition) is 0. The van der Waals surface area contributed by atoms with Gasteiger partial charge in [0.1, 0.15) is 29.2 Å². The van der Waals surface area contributed by atoms with E-state index in [4.69, 9.17) is 15.3 Å². The third kappa shape index (κ3) is 3.27. The van der Waals surface area contributed by atoms with E-state index in [1.807, 2.05) is 25.1 Å². The minimum atomic E-state index is 0.100. The molecule has 0 amide bonds. The van der Waals surface area contributed by atoms with Crippen molar-refractivity contribution in [2.45, 2.75) is 32.6 Å². The molecule has 3 aliphatic rings. The molecule has 0 saturated carbocycles. The van der Waals surface area contributed by atoms with E-state index in [2.05, 4.69) is 23.1 Å². The van der Waals surface area contributed by atoms with Gasteiger partial charge in [0, 0.05) is 24.4 Å². The van der Waals surface area contributed by atoms with E-state index >= 15 is 0 Å². The molecule has 4 rings (SSSR count). The van der Waals surface area contributed by atoms with Gasteiger partial charge in [-0.3, -0.25) is 0 Å². The van der Waals surface area contributed by atoms with Crippen molar-refractivity contribution in [1.82, 2.24) is 0 Å². The fourth-order valence-electron chi connectivity index (χ4n) is 4.17. The molecule has 3 heterocycles. The van der Waals surface area contributed by atoms with Crippen LogP contribution in [-0.2, 0) is 17.6 Å². The van der Waals surface area contributed by atoms with E-state index in [-0.39, 0.29) is 5.57 Å². The van der Waals surface area contributed by atoms with Gasteiger partial charge in [-0.2, -0.15) is 10.5 Å². The Bertz CT molecular complexity index is 978. The van der Waals surface area contributed by atoms with Crippen molar-refractivity contribution in [3.63, 3.8) is 0 Å². The van der Waals surface area contributed by atoms with Gasteiger partial charge in [-0.15, -0.1) is 0 Å². The summed E-state index contributed by atoms with van der Waals surface area (Å²) in [4.78, 5) is 2.53. The Hall–Kier alpha value is -3.24. The quantitative estimate of drug-likeness (QED) is 0.730. The van der Waals surface area contributed by atoms with Crippen LogP contribution < -0.4 is 4.90 Å². The minimum absolute atomic E-state index is 0.100. The average Bonchev–Trinajstić information content (AvgIpc) is 2.68. The molecule has 4 heteroatoms. The van der Waals surface area contributed by atoms with Gasteiger partial charge in [-0.1, -0.05) is 18.2 Å². The van der Waals surface area contributed by atoms with Crippen LogP contribution in [0.2, 0.25) is 0 Å². The highest BCUT2D eigenvalue weighted by molar-refractivity contribution is 5.71. The van der Waals surface area contributed by atoms with Crippen molar-refractivity contribution in [1.29, 1.82) is 10.5 Å². The van der Waals surface area contributed by atoms with Crippen LogP contribution in [0.3, 0.4) is 0 Å². The zero-order chi connectivity index (χ0) is 18.8. The number of benzene rings is 1. The molecule has 0 unspecified atom stereocenters. The topological polar surface area (TPSA) is 60.0 Å². The first-order chi connectivity index (χ1) is 13.2. The van der Waals surface area contributed by atoms with Gasteiger partial charge >= 0.3 is 0 Å². The molecular weight excluding hydrogens is 334 g/mol. The fraction of sp³-hybridized carbons (Fsp3) is 0.304. The summed E-state index contributed by atoms with van der Waals surface area (Å²) in [7, 11) is 0. The molecule has 0 radical (unpaired) electrons. The number of allylic oxidation sites excluding steroid dienone is 6. The normalized spacial score (nSPS) is 18.0. The van der Waals surface area contributed by atoms with Gasteiger partial charge in [0.25, 0.3) is 0 Å². The predicted octanol–water partition coefficient (Wildman–Crippen LogP) is 4.56. The minimum Gasteiger partial charge on any atom is -0.462 e. The number of rotatable bonds is 2. The summed E-state index contributed by atoms with van der Waals surface area (Å²) in [5.74, 6) is 1.32. The second-order valence-corrected chi connectivity index (χ2v) is 7.13. The van der Waals surface area contributed by atoms with Crippen LogP contribution in [0.1, 0.15) is 36.5 Å². The van der Waals surface area contributed by atoms with Crippen LogP contribution in [-0.4, -0.2) is 13.1 Å². The van der Waals surface area contributed by atoms with E-state index in [1.54, 1.807) is 12.2 Å². The number of hydrogen-bond acceptors (Lipinski definition) is 4. The third-order valence-corrected chi connectivity index (χ3v) is 5.32. The van der Waals surface area contributed by atoms with Crippen molar-refractivity contribution in [3.05, 3.63) is 69.7 Å². The highest BCUT2D eigenvalue weighted by Gasteiger charge is 2.24. The second kappa shape index (κ2) is 7.17. The summed E-state index contributed by atoms with van der Waals surface area (Å²) in [5.41, 5.74) is 6.27. The zero-order valence-electron chi connectivity index (χ0n) is 15.5. The smallest absolute Gasteiger partial charge is 0.137 e. The Morgan fingerprint density at radius 1 is 1.07 bits per heavy atom. The summed E-state index contributed by atoms with van der Waals surface area (Å²) >= 11 is 0. The molecule has 0 bridgehead atoms. The molecule has 0 aliphatic carbocycles. The van der Waals surface area contributed by atoms with E-state index in [0.717, 1.165) is 19.5 Å². The third-order valence-electron chi connectivity index (χ3n) is 5.32. The average molecular weight is 355 g/mol. The molecule has 1 aromatic rings. The van der Waals surface area contributed by atoms with Gasteiger partial charge in [0.2, 0.25) is 0 Å². The van der Waals surface area contributed by atoms with Crippen LogP contribution in [0.4, 0.5) is 5.69 Å². The van der Waals surface area contributed by atoms with Crippen LogP contribution >= 0.6 is 0 Å². The van der Waals surface area contributed by atoms with Gasteiger partial charge in [-0.05, 0) is 67.5 Å². The van der Waals surface area contributed by atoms with Crippen molar-refractivity contribution in [3.8, 4) is 12.1 Å². The molecule has 0 N–H and O–H groups in total. The Labute approximate surface area is 160 Å². The molecule has 0 saturated heterocycles. The number of ether oxygens (including phenoxy) is 1. The standard InChI is InChI=1S/C23H21N3O/c1-16-12-19(20(14-24)15-25)13-21(27-16)9-8-17-6-7-18-4-2-10-26-11-3-5-22(17)23(18)26/h6-9,12-13H,2-5,10-11H2,1H3. The lowest BCUT2D eigenvalue weighted by Crippen LogP contribution is -2.34. The SMILES string of the molecule is CC1=CC(=C(C#N)C#N)C=C(C=Cc2ccc3c4c2CCCN4CCC3)O1. The second-order valence-electron chi connectivity index (χ2n) is 7.13. The lowest BCUT2D eigenvalue weighted by atomic mass is 9.88. The Kier molecular flexibility index (Phi) is 4.57. The maximum atomic E-state index is 9.12. The van der Waals surface area contributed by atoms with Gasteiger partial charge in [-0.25, -0.2) is 0 Å². The van der Waals surface area contributed by atoms with E-state index in [1.165, 1.54) is 41.6 Å². The largest absolute Gasteiger partial charge is 0.462 e. The van der Waals surface area contributed by atoms with Crippen molar-refractivity contribution < 1.29 is 4.74 Å². The predicted molar refractivity (Wildman–Crippen MR) is 106 cm³/mol. The first-order valence-corrected chi connectivity index (χ1v) is 9.39. The van der Waals surface area contributed by atoms with Crippen LogP contribution in [0.25, 0.3) is 6.08 Å². The summed E-state index contributed by atoms with van der Waals surface area (Å²) in [6.45, 7) is 4.14. The molecule has 3 aliphatic heterocycles. The zero-order valence-corrected chi connectivity index (χ0v) is 15.5. The fourth-order valence-corrected chi connectivity index (χ4v) is 4.17. The number of aryl methyl sites for hydroxylation is 1. The lowest BCUT2D eigenvalue weighted by Gasteiger charge is -2.37. The molecule has 0 aromatic heterocycles. The Morgan fingerprint density at radius 2 is 1.85 bits per heavy atom. The van der Waals surface area contributed by atoms with Crippen molar-refractivity contribution in [2.24, 2.45) is 0 Å². The molecule has 1 aromatic carbocycles. The highest BCUT2D eigenvalue weighted by Crippen LogP contribution is 2.37. The van der Waals surface area contributed by atoms with Gasteiger partial charge in [0.05, 0.1) is 0 Å². The molecule has 0 atom stereocenters. The molecular formula is C23H21N3O. The summed E-state index contributed by atoms with van der Waals surface area (Å²) < 4.78 is 5.77. The van der Waals surface area contributed by atoms with E-state index < -0.39 is 0 Å². The lowest BCUT2D eigenvalue weighted by molar-refractivity contribution is 0.318. The molecule has 0 spiro atoms. The molecule has 0 fully saturated rings. The molecule has 134 valence electrons. The van der Waals surface area contributed by atoms with Crippen LogP contribution in [0.15, 0.2) is 53.0 Å². The molecule has 27 heavy (non-hydrogen) atoms. The highest BCUT2D eigenvalue weighted by atomic mass is 16.5. The van der Waals surface area contributed by atoms with Gasteiger partial charge in [0.15, 0.2) is 0 Å². The van der Waals surface area contributed by atoms with E-state index in [9.17, 15) is 0 Å². The number of anilines is 1. The van der Waals surface area contributed by atoms with E-state index in [0.29, 0.717) is 17.1 Å². The number of nitriles is 2. The Morgan fingerprint density at radius 3 is 2.63 bits per heavy atom. The Balaban J connectivity index is 1.69. The summed E-state index contributed by atoms with van der Waals surface area (Å²) in [6.07, 6.45) is 12.2. The first-order valence-electron chi connectivity index (χ1n) is 9.39. The van der Waals surface area contributed by atoms with Gasteiger partial charge < -0.3 is 9.64 Å².